The van der Waals surface area contributed by atoms with Crippen LogP contribution in [0.2, 0.25) is 0 Å². The van der Waals surface area contributed by atoms with Gasteiger partial charge in [0.15, 0.2) is 0 Å². The van der Waals surface area contributed by atoms with Crippen molar-refractivity contribution in [2.45, 2.75) is 89.4 Å². The van der Waals surface area contributed by atoms with E-state index in [2.05, 4.69) is 16.0 Å². The van der Waals surface area contributed by atoms with Crippen molar-refractivity contribution in [3.8, 4) is 0 Å². The SMILES string of the molecule is CC(C)CC(NC(=O)C(CCC(=O)O)NC(=O)C(CCC(=O)O)NC(=O)C(N)CCCCN)C(=O)O. The zero-order chi connectivity index (χ0) is 27.8. The molecule has 0 radical (unpaired) electrons. The second-order valence-corrected chi connectivity index (χ2v) is 8.91. The van der Waals surface area contributed by atoms with Crippen molar-refractivity contribution in [3.63, 3.8) is 0 Å². The van der Waals surface area contributed by atoms with E-state index in [4.69, 9.17) is 21.7 Å². The topological polar surface area (TPSA) is 251 Å². The lowest BCUT2D eigenvalue weighted by Crippen LogP contribution is -2.57. The number of nitrogens with two attached hydrogens (primary N) is 2. The standard InChI is InChI=1S/C22H39N5O9/c1-12(2)11-16(22(35)36)27-21(34)15(7-9-18(30)31)26-20(33)14(6-8-17(28)29)25-19(32)13(24)5-3-4-10-23/h12-16H,3-11,23-24H2,1-2H3,(H,25,32)(H,26,33)(H,27,34)(H,28,29)(H,30,31)(H,35,36). The molecule has 4 unspecified atom stereocenters. The van der Waals surface area contributed by atoms with Crippen LogP contribution in [-0.4, -0.2) is 81.7 Å². The molecule has 0 aromatic carbocycles. The summed E-state index contributed by atoms with van der Waals surface area (Å²) in [5, 5.41) is 34.4. The third kappa shape index (κ3) is 14.2. The molecule has 0 saturated carbocycles. The summed E-state index contributed by atoms with van der Waals surface area (Å²) < 4.78 is 0. The molecular weight excluding hydrogens is 478 g/mol. The average Bonchev–Trinajstić information content (AvgIpc) is 2.77. The van der Waals surface area contributed by atoms with Crippen LogP contribution in [0.5, 0.6) is 0 Å². The van der Waals surface area contributed by atoms with Gasteiger partial charge in [-0.25, -0.2) is 4.79 Å². The second-order valence-electron chi connectivity index (χ2n) is 8.91. The molecule has 3 amide bonds. The Morgan fingerprint density at radius 1 is 0.694 bits per heavy atom. The molecule has 0 aliphatic heterocycles. The molecule has 0 aromatic heterocycles. The van der Waals surface area contributed by atoms with E-state index >= 15 is 0 Å². The predicted octanol–water partition coefficient (Wildman–Crippen LogP) is -1.24. The number of hydrogen-bond acceptors (Lipinski definition) is 8. The average molecular weight is 518 g/mol. The van der Waals surface area contributed by atoms with E-state index in [9.17, 15) is 33.9 Å². The van der Waals surface area contributed by atoms with Gasteiger partial charge in [0, 0.05) is 12.8 Å². The number of unbranched alkanes of at least 4 members (excludes halogenated alkanes) is 1. The fourth-order valence-electron chi connectivity index (χ4n) is 3.23. The number of carboxylic acid groups (broad SMARTS) is 3. The van der Waals surface area contributed by atoms with Crippen molar-refractivity contribution in [3.05, 3.63) is 0 Å². The Kier molecular flexibility index (Phi) is 15.7. The van der Waals surface area contributed by atoms with Gasteiger partial charge in [-0.15, -0.1) is 0 Å². The Morgan fingerprint density at radius 3 is 1.53 bits per heavy atom. The minimum absolute atomic E-state index is 0.0804. The lowest BCUT2D eigenvalue weighted by molar-refractivity contribution is -0.143. The van der Waals surface area contributed by atoms with E-state index in [1.165, 1.54) is 0 Å². The molecule has 0 rings (SSSR count). The molecule has 36 heavy (non-hydrogen) atoms. The van der Waals surface area contributed by atoms with Gasteiger partial charge in [0.1, 0.15) is 18.1 Å². The molecule has 4 atom stereocenters. The second kappa shape index (κ2) is 17.2. The van der Waals surface area contributed by atoms with Crippen molar-refractivity contribution >= 4 is 35.6 Å². The first kappa shape index (κ1) is 32.7. The molecule has 0 bridgehead atoms. The van der Waals surface area contributed by atoms with Crippen LogP contribution in [0.25, 0.3) is 0 Å². The van der Waals surface area contributed by atoms with Gasteiger partial charge in [-0.2, -0.15) is 0 Å². The normalized spacial score (nSPS) is 14.2. The molecule has 10 N–H and O–H groups in total. The fourth-order valence-corrected chi connectivity index (χ4v) is 3.23. The van der Waals surface area contributed by atoms with Crippen LogP contribution in [0.15, 0.2) is 0 Å². The van der Waals surface area contributed by atoms with Crippen LogP contribution in [0.3, 0.4) is 0 Å². The lowest BCUT2D eigenvalue weighted by atomic mass is 10.0. The number of carbonyl (C=O) groups is 6. The first-order chi connectivity index (χ1) is 16.8. The third-order valence-corrected chi connectivity index (χ3v) is 5.19. The Bertz CT molecular complexity index is 775. The van der Waals surface area contributed by atoms with E-state index in [0.29, 0.717) is 19.4 Å². The summed E-state index contributed by atoms with van der Waals surface area (Å²) in [6.45, 7) is 3.92. The van der Waals surface area contributed by atoms with Gasteiger partial charge >= 0.3 is 17.9 Å². The number of hydrogen-bond donors (Lipinski definition) is 8. The minimum Gasteiger partial charge on any atom is -0.481 e. The number of nitrogens with one attached hydrogen (secondary N) is 3. The summed E-state index contributed by atoms with van der Waals surface area (Å²) in [4.78, 5) is 71.7. The molecule has 0 heterocycles. The van der Waals surface area contributed by atoms with Crippen molar-refractivity contribution in [2.24, 2.45) is 17.4 Å². The monoisotopic (exact) mass is 517 g/mol. The van der Waals surface area contributed by atoms with Crippen LogP contribution < -0.4 is 27.4 Å². The number of carbonyl (C=O) groups excluding carboxylic acids is 3. The first-order valence-electron chi connectivity index (χ1n) is 11.8. The van der Waals surface area contributed by atoms with E-state index in [1.54, 1.807) is 13.8 Å². The summed E-state index contributed by atoms with van der Waals surface area (Å²) in [5.74, 6) is -6.41. The molecule has 0 aromatic rings. The maximum atomic E-state index is 12.9. The number of rotatable bonds is 19. The van der Waals surface area contributed by atoms with Gasteiger partial charge in [-0.05, 0) is 44.6 Å². The van der Waals surface area contributed by atoms with Crippen LogP contribution >= 0.6 is 0 Å². The highest BCUT2D eigenvalue weighted by Crippen LogP contribution is 2.08. The van der Waals surface area contributed by atoms with E-state index in [0.717, 1.165) is 0 Å². The van der Waals surface area contributed by atoms with Gasteiger partial charge in [0.25, 0.3) is 0 Å². The summed E-state index contributed by atoms with van der Waals surface area (Å²) in [5.41, 5.74) is 11.2. The Hall–Kier alpha value is -3.26. The van der Waals surface area contributed by atoms with Gasteiger partial charge in [-0.1, -0.05) is 20.3 Å². The highest BCUT2D eigenvalue weighted by molar-refractivity contribution is 5.94. The summed E-state index contributed by atoms with van der Waals surface area (Å²) in [6, 6.07) is -5.06. The molecule has 0 aliphatic carbocycles. The molecular formula is C22H39N5O9. The zero-order valence-corrected chi connectivity index (χ0v) is 20.7. The van der Waals surface area contributed by atoms with Gasteiger partial charge in [-0.3, -0.25) is 24.0 Å². The Morgan fingerprint density at radius 2 is 1.14 bits per heavy atom. The van der Waals surface area contributed by atoms with Gasteiger partial charge < -0.3 is 42.7 Å². The highest BCUT2D eigenvalue weighted by Gasteiger charge is 2.31. The molecule has 14 nitrogen and oxygen atoms in total. The van der Waals surface area contributed by atoms with E-state index in [1.807, 2.05) is 0 Å². The maximum Gasteiger partial charge on any atom is 0.326 e. The van der Waals surface area contributed by atoms with Crippen molar-refractivity contribution < 1.29 is 44.1 Å². The van der Waals surface area contributed by atoms with Crippen LogP contribution in [0.4, 0.5) is 0 Å². The van der Waals surface area contributed by atoms with E-state index in [-0.39, 0.29) is 31.6 Å². The van der Waals surface area contributed by atoms with Crippen molar-refractivity contribution in [1.82, 2.24) is 16.0 Å². The summed E-state index contributed by atoms with van der Waals surface area (Å²) >= 11 is 0. The van der Waals surface area contributed by atoms with Crippen molar-refractivity contribution in [2.75, 3.05) is 6.54 Å². The largest absolute Gasteiger partial charge is 0.481 e. The summed E-state index contributed by atoms with van der Waals surface area (Å²) in [6.07, 6.45) is -0.0962. The van der Waals surface area contributed by atoms with Crippen LogP contribution in [0.1, 0.15) is 65.2 Å². The van der Waals surface area contributed by atoms with Crippen LogP contribution in [-0.2, 0) is 28.8 Å². The highest BCUT2D eigenvalue weighted by atomic mass is 16.4. The molecule has 0 aliphatic rings. The fraction of sp³-hybridized carbons (Fsp3) is 0.727. The molecule has 206 valence electrons. The smallest absolute Gasteiger partial charge is 0.326 e. The number of amides is 3. The predicted molar refractivity (Wildman–Crippen MR) is 128 cm³/mol. The maximum absolute atomic E-state index is 12.9. The van der Waals surface area contributed by atoms with Gasteiger partial charge in [0.05, 0.1) is 6.04 Å². The number of carboxylic acids is 3. The quantitative estimate of drug-likeness (QED) is 0.0940. The van der Waals surface area contributed by atoms with Gasteiger partial charge in [0.2, 0.25) is 17.7 Å². The van der Waals surface area contributed by atoms with Crippen LogP contribution in [0, 0.1) is 5.92 Å². The molecule has 14 heteroatoms. The van der Waals surface area contributed by atoms with Crippen molar-refractivity contribution in [1.29, 1.82) is 0 Å². The zero-order valence-electron chi connectivity index (χ0n) is 20.7. The minimum atomic E-state index is -1.44. The Labute approximate surface area is 209 Å². The third-order valence-electron chi connectivity index (χ3n) is 5.19. The molecule has 0 fully saturated rings. The Balaban J connectivity index is 5.57. The van der Waals surface area contributed by atoms with E-state index < -0.39 is 72.6 Å². The molecule has 0 spiro atoms. The summed E-state index contributed by atoms with van der Waals surface area (Å²) in [7, 11) is 0. The number of aliphatic carboxylic acids is 3. The first-order valence-corrected chi connectivity index (χ1v) is 11.8. The lowest BCUT2D eigenvalue weighted by Gasteiger charge is -2.25. The molecule has 0 saturated heterocycles.